The first-order valence-corrected chi connectivity index (χ1v) is 7.06. The van der Waals surface area contributed by atoms with Crippen molar-refractivity contribution in [2.45, 2.75) is 57.7 Å². The summed E-state index contributed by atoms with van der Waals surface area (Å²) >= 11 is 0. The summed E-state index contributed by atoms with van der Waals surface area (Å²) in [6.07, 6.45) is 7.96. The maximum absolute atomic E-state index is 9.27. The van der Waals surface area contributed by atoms with Crippen LogP contribution in [0.3, 0.4) is 0 Å². The van der Waals surface area contributed by atoms with Crippen molar-refractivity contribution in [3.05, 3.63) is 18.0 Å². The molecule has 0 saturated heterocycles. The Balaban J connectivity index is 1.82. The van der Waals surface area contributed by atoms with Gasteiger partial charge in [0.2, 0.25) is 0 Å². The molecule has 1 aliphatic carbocycles. The quantitative estimate of drug-likeness (QED) is 0.842. The summed E-state index contributed by atoms with van der Waals surface area (Å²) in [6.45, 7) is 3.61. The van der Waals surface area contributed by atoms with E-state index in [-0.39, 0.29) is 6.10 Å². The molecular weight excluding hydrogens is 226 g/mol. The zero-order valence-electron chi connectivity index (χ0n) is 11.5. The highest BCUT2D eigenvalue weighted by Gasteiger charge is 2.17. The van der Waals surface area contributed by atoms with E-state index in [2.05, 4.69) is 34.0 Å². The third-order valence-corrected chi connectivity index (χ3v) is 3.72. The van der Waals surface area contributed by atoms with E-state index in [1.807, 2.05) is 6.92 Å². The van der Waals surface area contributed by atoms with Gasteiger partial charge in [0, 0.05) is 19.3 Å². The molecule has 102 valence electrons. The molecule has 1 atom stereocenters. The topological polar surface area (TPSA) is 41.3 Å². The molecule has 1 heterocycles. The van der Waals surface area contributed by atoms with Crippen molar-refractivity contribution in [2.24, 2.45) is 0 Å². The van der Waals surface area contributed by atoms with Crippen molar-refractivity contribution in [1.82, 2.24) is 14.7 Å². The third kappa shape index (κ3) is 3.82. The van der Waals surface area contributed by atoms with Crippen molar-refractivity contribution in [3.8, 4) is 0 Å². The third-order valence-electron chi connectivity index (χ3n) is 3.72. The highest BCUT2D eigenvalue weighted by atomic mass is 16.3. The van der Waals surface area contributed by atoms with Crippen LogP contribution in [0.1, 0.15) is 50.8 Å². The van der Waals surface area contributed by atoms with Gasteiger partial charge in [-0.1, -0.05) is 12.8 Å². The minimum Gasteiger partial charge on any atom is -0.393 e. The van der Waals surface area contributed by atoms with Gasteiger partial charge in [-0.25, -0.2) is 0 Å². The van der Waals surface area contributed by atoms with Crippen molar-refractivity contribution < 1.29 is 5.11 Å². The summed E-state index contributed by atoms with van der Waals surface area (Å²) in [5.41, 5.74) is 1.13. The van der Waals surface area contributed by atoms with Crippen molar-refractivity contribution in [3.63, 3.8) is 0 Å². The molecule has 1 aromatic heterocycles. The first-order valence-electron chi connectivity index (χ1n) is 7.06. The second kappa shape index (κ2) is 6.34. The number of rotatable bonds is 6. The normalized spacial score (nSPS) is 18.7. The summed E-state index contributed by atoms with van der Waals surface area (Å²) in [6, 6.07) is 2.75. The maximum atomic E-state index is 9.27. The van der Waals surface area contributed by atoms with E-state index < -0.39 is 0 Å². The van der Waals surface area contributed by atoms with Crippen LogP contribution in [0.15, 0.2) is 12.3 Å². The van der Waals surface area contributed by atoms with Gasteiger partial charge in [0.1, 0.15) is 0 Å². The van der Waals surface area contributed by atoms with Gasteiger partial charge in [-0.15, -0.1) is 0 Å². The van der Waals surface area contributed by atoms with Crippen LogP contribution in [0.5, 0.6) is 0 Å². The second-order valence-corrected chi connectivity index (χ2v) is 5.60. The zero-order valence-corrected chi connectivity index (χ0v) is 11.5. The van der Waals surface area contributed by atoms with Crippen LogP contribution >= 0.6 is 0 Å². The van der Waals surface area contributed by atoms with Crippen LogP contribution in [0.25, 0.3) is 0 Å². The van der Waals surface area contributed by atoms with Gasteiger partial charge in [0.25, 0.3) is 0 Å². The van der Waals surface area contributed by atoms with E-state index in [1.165, 1.54) is 25.7 Å². The molecule has 18 heavy (non-hydrogen) atoms. The summed E-state index contributed by atoms with van der Waals surface area (Å²) in [7, 11) is 2.08. The van der Waals surface area contributed by atoms with Crippen LogP contribution in [0.2, 0.25) is 0 Å². The standard InChI is InChI=1S/C14H25N3O/c1-12(18)7-9-16(2)11-13-8-10-17(15-13)14-5-3-4-6-14/h8,10,12,14,18H,3-7,9,11H2,1-2H3. The fourth-order valence-electron chi connectivity index (χ4n) is 2.60. The molecule has 0 aliphatic heterocycles. The number of aliphatic hydroxyl groups is 1. The highest BCUT2D eigenvalue weighted by Crippen LogP contribution is 2.28. The summed E-state index contributed by atoms with van der Waals surface area (Å²) in [5.74, 6) is 0. The smallest absolute Gasteiger partial charge is 0.0764 e. The van der Waals surface area contributed by atoms with E-state index >= 15 is 0 Å². The molecule has 1 aliphatic rings. The SMILES string of the molecule is CC(O)CCN(C)Cc1ccn(C2CCCC2)n1. The van der Waals surface area contributed by atoms with E-state index in [9.17, 15) is 5.11 Å². The van der Waals surface area contributed by atoms with Gasteiger partial charge < -0.3 is 10.0 Å². The van der Waals surface area contributed by atoms with Crippen LogP contribution in [0, 0.1) is 0 Å². The molecule has 0 spiro atoms. The first kappa shape index (κ1) is 13.6. The molecule has 1 aromatic rings. The number of aliphatic hydroxyl groups excluding tert-OH is 1. The Kier molecular flexibility index (Phi) is 4.78. The summed E-state index contributed by atoms with van der Waals surface area (Å²) < 4.78 is 2.14. The largest absolute Gasteiger partial charge is 0.393 e. The van der Waals surface area contributed by atoms with E-state index in [0.717, 1.165) is 25.2 Å². The van der Waals surface area contributed by atoms with Crippen LogP contribution in [0.4, 0.5) is 0 Å². The van der Waals surface area contributed by atoms with Gasteiger partial charge in [-0.3, -0.25) is 4.68 Å². The van der Waals surface area contributed by atoms with Crippen LogP contribution in [-0.4, -0.2) is 39.5 Å². The molecule has 1 saturated carbocycles. The highest BCUT2D eigenvalue weighted by molar-refractivity contribution is 5.00. The van der Waals surface area contributed by atoms with Gasteiger partial charge in [-0.2, -0.15) is 5.10 Å². The minimum absolute atomic E-state index is 0.219. The first-order chi connectivity index (χ1) is 8.65. The Morgan fingerprint density at radius 1 is 1.50 bits per heavy atom. The lowest BCUT2D eigenvalue weighted by Gasteiger charge is -2.16. The molecule has 4 heteroatoms. The van der Waals surface area contributed by atoms with Gasteiger partial charge >= 0.3 is 0 Å². The van der Waals surface area contributed by atoms with Gasteiger partial charge in [0.15, 0.2) is 0 Å². The summed E-state index contributed by atoms with van der Waals surface area (Å²) in [5, 5.41) is 13.9. The predicted octanol–water partition coefficient (Wildman–Crippen LogP) is 2.20. The molecule has 2 rings (SSSR count). The van der Waals surface area contributed by atoms with Crippen LogP contribution < -0.4 is 0 Å². The Morgan fingerprint density at radius 2 is 2.22 bits per heavy atom. The Labute approximate surface area is 110 Å². The fourth-order valence-corrected chi connectivity index (χ4v) is 2.60. The molecule has 0 radical (unpaired) electrons. The van der Waals surface area contributed by atoms with Crippen molar-refractivity contribution in [1.29, 1.82) is 0 Å². The monoisotopic (exact) mass is 251 g/mol. The number of nitrogens with zero attached hydrogens (tertiary/aromatic N) is 3. The second-order valence-electron chi connectivity index (χ2n) is 5.60. The van der Waals surface area contributed by atoms with E-state index in [4.69, 9.17) is 0 Å². The Hall–Kier alpha value is -0.870. The Morgan fingerprint density at radius 3 is 2.89 bits per heavy atom. The molecular formula is C14H25N3O. The lowest BCUT2D eigenvalue weighted by Crippen LogP contribution is -2.22. The zero-order chi connectivity index (χ0) is 13.0. The predicted molar refractivity (Wildman–Crippen MR) is 72.4 cm³/mol. The molecule has 0 bridgehead atoms. The van der Waals surface area contributed by atoms with Gasteiger partial charge in [0.05, 0.1) is 17.8 Å². The number of hydrogen-bond donors (Lipinski definition) is 1. The molecule has 0 aromatic carbocycles. The molecule has 1 N–H and O–H groups in total. The lowest BCUT2D eigenvalue weighted by atomic mass is 10.2. The average Bonchev–Trinajstić information content (AvgIpc) is 2.95. The maximum Gasteiger partial charge on any atom is 0.0764 e. The Bertz CT molecular complexity index is 356. The summed E-state index contributed by atoms with van der Waals surface area (Å²) in [4.78, 5) is 2.22. The average molecular weight is 251 g/mol. The van der Waals surface area contributed by atoms with Gasteiger partial charge in [-0.05, 0) is 39.3 Å². The lowest BCUT2D eigenvalue weighted by molar-refractivity contribution is 0.162. The molecule has 1 unspecified atom stereocenters. The molecule has 0 amide bonds. The fraction of sp³-hybridized carbons (Fsp3) is 0.786. The van der Waals surface area contributed by atoms with E-state index in [1.54, 1.807) is 0 Å². The molecule has 4 nitrogen and oxygen atoms in total. The number of aromatic nitrogens is 2. The number of hydrogen-bond acceptors (Lipinski definition) is 3. The minimum atomic E-state index is -0.219. The van der Waals surface area contributed by atoms with Crippen molar-refractivity contribution in [2.75, 3.05) is 13.6 Å². The van der Waals surface area contributed by atoms with E-state index in [0.29, 0.717) is 6.04 Å². The van der Waals surface area contributed by atoms with Crippen molar-refractivity contribution >= 4 is 0 Å². The molecule has 1 fully saturated rings. The van der Waals surface area contributed by atoms with Crippen LogP contribution in [-0.2, 0) is 6.54 Å².